The normalized spacial score (nSPS) is 17.0. The molecule has 2 aromatic rings. The van der Waals surface area contributed by atoms with Crippen LogP contribution in [0.2, 0.25) is 0 Å². The Morgan fingerprint density at radius 1 is 1.00 bits per heavy atom. The first-order valence-electron chi connectivity index (χ1n) is 11.1. The Labute approximate surface area is 196 Å². The highest BCUT2D eigenvalue weighted by molar-refractivity contribution is 7.89. The van der Waals surface area contributed by atoms with Gasteiger partial charge in [-0.25, -0.2) is 8.42 Å². The lowest BCUT2D eigenvalue weighted by molar-refractivity contribution is 0.179. The fourth-order valence-corrected chi connectivity index (χ4v) is 7.74. The Balaban J connectivity index is 1.95. The minimum absolute atomic E-state index is 0.169. The third kappa shape index (κ3) is 5.28. The molecule has 10 heteroatoms. The second-order valence-electron chi connectivity index (χ2n) is 7.91. The van der Waals surface area contributed by atoms with Crippen LogP contribution in [0.1, 0.15) is 32.3 Å². The largest absolute Gasteiger partial charge is 0.495 e. The minimum Gasteiger partial charge on any atom is -0.495 e. The second-order valence-corrected chi connectivity index (χ2v) is 12.2. The molecule has 1 N–H and O–H groups in total. The fourth-order valence-electron chi connectivity index (χ4n) is 4.05. The van der Waals surface area contributed by atoms with Crippen molar-refractivity contribution in [3.63, 3.8) is 0 Å². The Kier molecular flexibility index (Phi) is 8.24. The lowest BCUT2D eigenvalue weighted by atomic mass is 10.1. The summed E-state index contributed by atoms with van der Waals surface area (Å²) in [5, 5.41) is 2.28. The Morgan fingerprint density at radius 2 is 1.58 bits per heavy atom. The van der Waals surface area contributed by atoms with E-state index in [0.29, 0.717) is 11.4 Å². The van der Waals surface area contributed by atoms with E-state index in [1.54, 1.807) is 51.3 Å². The molecule has 0 unspecified atom stereocenters. The molecule has 0 atom stereocenters. The predicted molar refractivity (Wildman–Crippen MR) is 129 cm³/mol. The molecule has 0 radical (unpaired) electrons. The van der Waals surface area contributed by atoms with Crippen molar-refractivity contribution in [1.82, 2.24) is 4.31 Å². The van der Waals surface area contributed by atoms with Gasteiger partial charge in [-0.05, 0) is 57.9 Å². The quantitative estimate of drug-likeness (QED) is 0.469. The number of methoxy groups -OCH3 is 1. The van der Waals surface area contributed by atoms with Crippen molar-refractivity contribution in [2.24, 2.45) is 0 Å². The minimum atomic E-state index is -3.68. The van der Waals surface area contributed by atoms with E-state index >= 15 is 0 Å². The molecule has 0 aromatic heterocycles. The summed E-state index contributed by atoms with van der Waals surface area (Å²) in [5.74, 6) is 0.589. The van der Waals surface area contributed by atoms with Gasteiger partial charge in [-0.1, -0.05) is 29.8 Å². The van der Waals surface area contributed by atoms with E-state index in [9.17, 15) is 13.0 Å². The van der Waals surface area contributed by atoms with Gasteiger partial charge >= 0.3 is 7.60 Å². The molecular weight excluding hydrogens is 463 g/mol. The number of aryl methyl sites for hydroxylation is 1. The van der Waals surface area contributed by atoms with Gasteiger partial charge < -0.3 is 19.1 Å². The molecule has 0 aliphatic carbocycles. The standard InChI is InChI=1S/C23H33N2O6PS/c1-5-30-32(26,31-6-2)23(24-21-9-7-8-10-22(21)29-4)15-17-25(18-16-23)33(27,28)20-13-11-19(3)12-14-20/h7-14,24H,5-6,15-18H2,1-4H3. The zero-order valence-electron chi connectivity index (χ0n) is 19.6. The van der Waals surface area contributed by atoms with Gasteiger partial charge in [0, 0.05) is 13.1 Å². The number of piperidine rings is 1. The van der Waals surface area contributed by atoms with Crippen LogP contribution in [0.25, 0.3) is 0 Å². The smallest absolute Gasteiger partial charge is 0.355 e. The first-order chi connectivity index (χ1) is 15.7. The lowest BCUT2D eigenvalue weighted by Crippen LogP contribution is -2.51. The average Bonchev–Trinajstić information content (AvgIpc) is 2.80. The molecule has 2 aromatic carbocycles. The number of hydrogen-bond acceptors (Lipinski definition) is 7. The van der Waals surface area contributed by atoms with Gasteiger partial charge in [0.05, 0.1) is 30.9 Å². The first kappa shape index (κ1) is 25.7. The highest BCUT2D eigenvalue weighted by Crippen LogP contribution is 2.64. The maximum Gasteiger partial charge on any atom is 0.355 e. The number of nitrogens with zero attached hydrogens (tertiary/aromatic N) is 1. The number of benzene rings is 2. The van der Waals surface area contributed by atoms with Crippen LogP contribution >= 0.6 is 7.60 Å². The number of sulfonamides is 1. The van der Waals surface area contributed by atoms with Gasteiger partial charge in [0.1, 0.15) is 11.0 Å². The highest BCUT2D eigenvalue weighted by Gasteiger charge is 2.54. The van der Waals surface area contributed by atoms with Crippen LogP contribution in [0.5, 0.6) is 5.75 Å². The van der Waals surface area contributed by atoms with Gasteiger partial charge in [-0.3, -0.25) is 4.57 Å². The van der Waals surface area contributed by atoms with Crippen LogP contribution in [-0.4, -0.2) is 51.4 Å². The summed E-state index contributed by atoms with van der Waals surface area (Å²) in [5.41, 5.74) is 1.64. The summed E-state index contributed by atoms with van der Waals surface area (Å²) in [6, 6.07) is 14.1. The van der Waals surface area contributed by atoms with Crippen molar-refractivity contribution in [2.75, 3.05) is 38.7 Å². The summed E-state index contributed by atoms with van der Waals surface area (Å²) >= 11 is 0. The first-order valence-corrected chi connectivity index (χ1v) is 14.1. The number of nitrogens with one attached hydrogen (secondary N) is 1. The molecule has 8 nitrogen and oxygen atoms in total. The number of hydrogen-bond donors (Lipinski definition) is 1. The lowest BCUT2D eigenvalue weighted by Gasteiger charge is -2.45. The van der Waals surface area contributed by atoms with Gasteiger partial charge in [0.2, 0.25) is 10.0 Å². The van der Waals surface area contributed by atoms with Gasteiger partial charge in [0.15, 0.2) is 0 Å². The molecular formula is C23H33N2O6PS. The topological polar surface area (TPSA) is 94.2 Å². The van der Waals surface area contributed by atoms with Crippen LogP contribution < -0.4 is 10.1 Å². The third-order valence-electron chi connectivity index (χ3n) is 5.80. The van der Waals surface area contributed by atoms with Crippen LogP contribution in [0.3, 0.4) is 0 Å². The average molecular weight is 497 g/mol. The number of rotatable bonds is 10. The summed E-state index contributed by atoms with van der Waals surface area (Å²) < 4.78 is 58.9. The predicted octanol–water partition coefficient (Wildman–Crippen LogP) is 4.86. The van der Waals surface area contributed by atoms with Crippen molar-refractivity contribution in [3.05, 3.63) is 54.1 Å². The van der Waals surface area contributed by atoms with Crippen molar-refractivity contribution in [1.29, 1.82) is 0 Å². The molecule has 1 aliphatic rings. The van der Waals surface area contributed by atoms with Crippen LogP contribution in [0.4, 0.5) is 5.69 Å². The maximum atomic E-state index is 14.0. The highest BCUT2D eigenvalue weighted by atomic mass is 32.2. The van der Waals surface area contributed by atoms with Gasteiger partial charge in [0.25, 0.3) is 0 Å². The van der Waals surface area contributed by atoms with E-state index in [2.05, 4.69) is 5.32 Å². The second kappa shape index (κ2) is 10.6. The molecule has 33 heavy (non-hydrogen) atoms. The summed E-state index contributed by atoms with van der Waals surface area (Å²) in [6.07, 6.45) is 0.487. The molecule has 1 aliphatic heterocycles. The zero-order chi connectivity index (χ0) is 24.1. The molecule has 0 spiro atoms. The van der Waals surface area contributed by atoms with E-state index in [4.69, 9.17) is 13.8 Å². The zero-order valence-corrected chi connectivity index (χ0v) is 21.3. The summed E-state index contributed by atoms with van der Waals surface area (Å²) in [7, 11) is -5.78. The molecule has 0 amide bonds. The number of para-hydroxylation sites is 2. The van der Waals surface area contributed by atoms with Crippen LogP contribution in [0.15, 0.2) is 53.4 Å². The van der Waals surface area contributed by atoms with Gasteiger partial charge in [-0.2, -0.15) is 4.31 Å². The number of ether oxygens (including phenoxy) is 1. The van der Waals surface area contributed by atoms with Crippen molar-refractivity contribution in [2.45, 2.75) is 43.8 Å². The Hall–Kier alpha value is -1.90. The van der Waals surface area contributed by atoms with Crippen LogP contribution in [-0.2, 0) is 23.6 Å². The Bertz CT molecular complexity index is 1070. The summed E-state index contributed by atoms with van der Waals surface area (Å²) in [6.45, 7) is 6.19. The van der Waals surface area contributed by atoms with E-state index < -0.39 is 22.9 Å². The molecule has 182 valence electrons. The van der Waals surface area contributed by atoms with Crippen molar-refractivity contribution < 1.29 is 26.8 Å². The van der Waals surface area contributed by atoms with Crippen molar-refractivity contribution >= 4 is 23.3 Å². The van der Waals surface area contributed by atoms with Gasteiger partial charge in [-0.15, -0.1) is 0 Å². The van der Waals surface area contributed by atoms with Crippen LogP contribution in [0, 0.1) is 6.92 Å². The Morgan fingerprint density at radius 3 is 2.12 bits per heavy atom. The molecule has 1 fully saturated rings. The molecule has 0 saturated carbocycles. The van der Waals surface area contributed by atoms with E-state index in [0.717, 1.165) is 5.56 Å². The van der Waals surface area contributed by atoms with E-state index in [1.807, 2.05) is 25.1 Å². The number of anilines is 1. The molecule has 0 bridgehead atoms. The van der Waals surface area contributed by atoms with Crippen molar-refractivity contribution in [3.8, 4) is 5.75 Å². The molecule has 1 saturated heterocycles. The maximum absolute atomic E-state index is 14.0. The SMILES string of the molecule is CCOP(=O)(OCC)C1(Nc2ccccc2OC)CCN(S(=O)(=O)c2ccc(C)cc2)CC1. The monoisotopic (exact) mass is 496 g/mol. The van der Waals surface area contributed by atoms with E-state index in [-0.39, 0.29) is 44.0 Å². The molecule has 1 heterocycles. The van der Waals surface area contributed by atoms with E-state index in [1.165, 1.54) is 4.31 Å². The molecule has 3 rings (SSSR count). The third-order valence-corrected chi connectivity index (χ3v) is 10.5. The fraction of sp³-hybridized carbons (Fsp3) is 0.478. The summed E-state index contributed by atoms with van der Waals surface area (Å²) in [4.78, 5) is 0.246.